The highest BCUT2D eigenvalue weighted by Crippen LogP contribution is 2.17. The Kier molecular flexibility index (Phi) is 2.56. The molecule has 0 aliphatic carbocycles. The quantitative estimate of drug-likeness (QED) is 0.889. The van der Waals surface area contributed by atoms with Gasteiger partial charge >= 0.3 is 0 Å². The predicted molar refractivity (Wildman–Crippen MR) is 60.4 cm³/mol. The van der Waals surface area contributed by atoms with Gasteiger partial charge in [0.05, 0.1) is 11.9 Å². The summed E-state index contributed by atoms with van der Waals surface area (Å²) in [6, 6.07) is 2.07. The van der Waals surface area contributed by atoms with Crippen LogP contribution in [0.4, 0.5) is 0 Å². The Morgan fingerprint density at radius 1 is 1.57 bits per heavy atom. The summed E-state index contributed by atoms with van der Waals surface area (Å²) < 4.78 is 3.19. The molecule has 0 amide bonds. The molecule has 0 saturated carbocycles. The first-order chi connectivity index (χ1) is 6.72. The molecule has 0 radical (unpaired) electrons. The zero-order chi connectivity index (χ0) is 10.1. The van der Waals surface area contributed by atoms with Gasteiger partial charge in [0.15, 0.2) is 0 Å². The van der Waals surface area contributed by atoms with E-state index in [1.165, 1.54) is 11.3 Å². The standard InChI is InChI=1S/C10H12BrN3/c1-7-3-8(11)6-14-9(4-12-2)5-13-10(7)14/h3,5-6,12H,4H2,1-2H3. The van der Waals surface area contributed by atoms with Crippen molar-refractivity contribution in [2.75, 3.05) is 7.05 Å². The van der Waals surface area contributed by atoms with Crippen LogP contribution in [0.25, 0.3) is 5.65 Å². The van der Waals surface area contributed by atoms with Gasteiger partial charge in [-0.3, -0.25) is 0 Å². The van der Waals surface area contributed by atoms with E-state index in [0.717, 1.165) is 16.7 Å². The highest BCUT2D eigenvalue weighted by Gasteiger charge is 2.05. The summed E-state index contributed by atoms with van der Waals surface area (Å²) in [4.78, 5) is 4.38. The van der Waals surface area contributed by atoms with Gasteiger partial charge < -0.3 is 9.72 Å². The van der Waals surface area contributed by atoms with Crippen LogP contribution in [0.5, 0.6) is 0 Å². The van der Waals surface area contributed by atoms with Gasteiger partial charge in [0.1, 0.15) is 5.65 Å². The third kappa shape index (κ3) is 1.55. The van der Waals surface area contributed by atoms with Gasteiger partial charge in [0.25, 0.3) is 0 Å². The molecule has 2 rings (SSSR count). The fourth-order valence-electron chi connectivity index (χ4n) is 1.58. The Morgan fingerprint density at radius 3 is 3.07 bits per heavy atom. The molecule has 0 unspecified atom stereocenters. The summed E-state index contributed by atoms with van der Waals surface area (Å²) >= 11 is 3.48. The second-order valence-electron chi connectivity index (χ2n) is 3.31. The second-order valence-corrected chi connectivity index (χ2v) is 4.23. The highest BCUT2D eigenvalue weighted by atomic mass is 79.9. The van der Waals surface area contributed by atoms with E-state index in [2.05, 4.69) is 43.6 Å². The van der Waals surface area contributed by atoms with Crippen molar-refractivity contribution in [3.8, 4) is 0 Å². The van der Waals surface area contributed by atoms with Crippen LogP contribution in [-0.2, 0) is 6.54 Å². The molecule has 0 spiro atoms. The molecule has 0 saturated heterocycles. The van der Waals surface area contributed by atoms with Gasteiger partial charge in [-0.25, -0.2) is 4.98 Å². The predicted octanol–water partition coefficient (Wildman–Crippen LogP) is 2.12. The number of fused-ring (bicyclic) bond motifs is 1. The van der Waals surface area contributed by atoms with E-state index in [4.69, 9.17) is 0 Å². The van der Waals surface area contributed by atoms with Crippen molar-refractivity contribution >= 4 is 21.6 Å². The summed E-state index contributed by atoms with van der Waals surface area (Å²) in [5.41, 5.74) is 3.38. The van der Waals surface area contributed by atoms with Crippen LogP contribution in [0, 0.1) is 6.92 Å². The molecule has 2 aromatic rings. The van der Waals surface area contributed by atoms with Gasteiger partial charge in [0, 0.05) is 17.2 Å². The van der Waals surface area contributed by atoms with E-state index in [0.29, 0.717) is 0 Å². The lowest BCUT2D eigenvalue weighted by Gasteiger charge is -2.03. The van der Waals surface area contributed by atoms with Crippen LogP contribution in [0.15, 0.2) is 22.9 Å². The Hall–Kier alpha value is -0.870. The van der Waals surface area contributed by atoms with Gasteiger partial charge in [-0.15, -0.1) is 0 Å². The van der Waals surface area contributed by atoms with Crippen LogP contribution < -0.4 is 5.32 Å². The second kappa shape index (κ2) is 3.71. The van der Waals surface area contributed by atoms with E-state index < -0.39 is 0 Å². The van der Waals surface area contributed by atoms with Crippen LogP contribution in [0.1, 0.15) is 11.3 Å². The number of hydrogen-bond acceptors (Lipinski definition) is 2. The third-order valence-electron chi connectivity index (χ3n) is 2.19. The van der Waals surface area contributed by atoms with Crippen molar-refractivity contribution in [3.05, 3.63) is 34.2 Å². The molecule has 0 atom stereocenters. The fraction of sp³-hybridized carbons (Fsp3) is 0.300. The Bertz CT molecular complexity index is 462. The molecule has 0 aliphatic heterocycles. The highest BCUT2D eigenvalue weighted by molar-refractivity contribution is 9.10. The summed E-state index contributed by atoms with van der Waals surface area (Å²) in [6.07, 6.45) is 3.95. The molecular formula is C10H12BrN3. The number of aryl methyl sites for hydroxylation is 1. The number of aromatic nitrogens is 2. The zero-order valence-electron chi connectivity index (χ0n) is 8.21. The first-order valence-electron chi connectivity index (χ1n) is 4.49. The minimum Gasteiger partial charge on any atom is -0.314 e. The smallest absolute Gasteiger partial charge is 0.139 e. The molecule has 0 aromatic carbocycles. The van der Waals surface area contributed by atoms with Gasteiger partial charge in [0.2, 0.25) is 0 Å². The number of halogens is 1. The number of nitrogens with one attached hydrogen (secondary N) is 1. The Labute approximate surface area is 91.3 Å². The monoisotopic (exact) mass is 253 g/mol. The molecule has 3 nitrogen and oxygen atoms in total. The van der Waals surface area contributed by atoms with Gasteiger partial charge in [-0.1, -0.05) is 0 Å². The first-order valence-corrected chi connectivity index (χ1v) is 5.28. The Balaban J connectivity index is 2.66. The summed E-state index contributed by atoms with van der Waals surface area (Å²) in [7, 11) is 1.93. The van der Waals surface area contributed by atoms with Crippen molar-refractivity contribution in [2.24, 2.45) is 0 Å². The van der Waals surface area contributed by atoms with Crippen molar-refractivity contribution in [1.29, 1.82) is 0 Å². The molecule has 2 heterocycles. The number of pyridine rings is 1. The minimum atomic E-state index is 0.830. The first kappa shape index (κ1) is 9.68. The molecule has 14 heavy (non-hydrogen) atoms. The molecule has 74 valence electrons. The third-order valence-corrected chi connectivity index (χ3v) is 2.62. The topological polar surface area (TPSA) is 29.3 Å². The van der Waals surface area contributed by atoms with Crippen LogP contribution in [-0.4, -0.2) is 16.4 Å². The molecule has 0 aliphatic rings. The summed E-state index contributed by atoms with van der Waals surface area (Å²) in [5.74, 6) is 0. The largest absolute Gasteiger partial charge is 0.314 e. The average Bonchev–Trinajstić information content (AvgIpc) is 2.49. The van der Waals surface area contributed by atoms with E-state index in [9.17, 15) is 0 Å². The van der Waals surface area contributed by atoms with E-state index in [1.54, 1.807) is 0 Å². The van der Waals surface area contributed by atoms with E-state index >= 15 is 0 Å². The SMILES string of the molecule is CNCc1cnc2c(C)cc(Br)cn12. The van der Waals surface area contributed by atoms with Crippen molar-refractivity contribution < 1.29 is 0 Å². The molecule has 2 aromatic heterocycles. The van der Waals surface area contributed by atoms with Crippen LogP contribution >= 0.6 is 15.9 Å². The lowest BCUT2D eigenvalue weighted by Crippen LogP contribution is -2.07. The average molecular weight is 254 g/mol. The molecule has 0 fully saturated rings. The Morgan fingerprint density at radius 2 is 2.36 bits per heavy atom. The molecule has 1 N–H and O–H groups in total. The lowest BCUT2D eigenvalue weighted by molar-refractivity contribution is 0.781. The lowest BCUT2D eigenvalue weighted by atomic mass is 10.3. The molecular weight excluding hydrogens is 242 g/mol. The molecule has 4 heteroatoms. The van der Waals surface area contributed by atoms with Crippen LogP contribution in [0.3, 0.4) is 0 Å². The van der Waals surface area contributed by atoms with E-state index in [-0.39, 0.29) is 0 Å². The number of rotatable bonds is 2. The maximum atomic E-state index is 4.38. The van der Waals surface area contributed by atoms with Gasteiger partial charge in [-0.2, -0.15) is 0 Å². The molecule has 0 bridgehead atoms. The summed E-state index contributed by atoms with van der Waals surface area (Å²) in [6.45, 7) is 2.90. The maximum absolute atomic E-state index is 4.38. The van der Waals surface area contributed by atoms with Crippen molar-refractivity contribution in [1.82, 2.24) is 14.7 Å². The number of nitrogens with zero attached hydrogens (tertiary/aromatic N) is 2. The minimum absolute atomic E-state index is 0.830. The van der Waals surface area contributed by atoms with Crippen molar-refractivity contribution in [2.45, 2.75) is 13.5 Å². The zero-order valence-corrected chi connectivity index (χ0v) is 9.80. The summed E-state index contributed by atoms with van der Waals surface area (Å²) in [5, 5.41) is 3.13. The van der Waals surface area contributed by atoms with Gasteiger partial charge in [-0.05, 0) is 41.5 Å². The fourth-order valence-corrected chi connectivity index (χ4v) is 2.12. The maximum Gasteiger partial charge on any atom is 0.139 e. The number of hydrogen-bond donors (Lipinski definition) is 1. The number of imidazole rings is 1. The normalized spacial score (nSPS) is 11.1. The van der Waals surface area contributed by atoms with E-state index in [1.807, 2.05) is 19.4 Å². The van der Waals surface area contributed by atoms with Crippen LogP contribution in [0.2, 0.25) is 0 Å². The van der Waals surface area contributed by atoms with Crippen molar-refractivity contribution in [3.63, 3.8) is 0 Å².